The number of nitriles is 1. The predicted octanol–water partition coefficient (Wildman–Crippen LogP) is 1.12. The summed E-state index contributed by atoms with van der Waals surface area (Å²) < 4.78 is 0. The van der Waals surface area contributed by atoms with Crippen LogP contribution in [0.5, 0.6) is 0 Å². The highest BCUT2D eigenvalue weighted by molar-refractivity contribution is 5.78. The molecule has 3 nitrogen and oxygen atoms in total. The zero-order chi connectivity index (χ0) is 8.48. The summed E-state index contributed by atoms with van der Waals surface area (Å²) in [5, 5.41) is 8.38. The molecule has 0 atom stereocenters. The van der Waals surface area contributed by atoms with Crippen LogP contribution in [0.15, 0.2) is 0 Å². The van der Waals surface area contributed by atoms with Crippen LogP contribution in [0.2, 0.25) is 0 Å². The maximum absolute atomic E-state index is 11.1. The molecule has 0 spiro atoms. The SMILES string of the molecule is CN(C#N)C(=O)CC1(C)CC1. The van der Waals surface area contributed by atoms with Crippen molar-refractivity contribution >= 4 is 5.91 Å². The first kappa shape index (κ1) is 8.06. The first-order valence-corrected chi connectivity index (χ1v) is 3.74. The van der Waals surface area contributed by atoms with Gasteiger partial charge < -0.3 is 0 Å². The summed E-state index contributed by atoms with van der Waals surface area (Å²) in [6.07, 6.45) is 4.57. The van der Waals surface area contributed by atoms with Crippen LogP contribution in [-0.2, 0) is 4.79 Å². The molecule has 1 rings (SSSR count). The molecule has 0 aliphatic heterocycles. The van der Waals surface area contributed by atoms with E-state index in [2.05, 4.69) is 6.92 Å². The van der Waals surface area contributed by atoms with Gasteiger partial charge in [0.05, 0.1) is 0 Å². The summed E-state index contributed by atoms with van der Waals surface area (Å²) in [6.45, 7) is 2.08. The van der Waals surface area contributed by atoms with Gasteiger partial charge >= 0.3 is 0 Å². The van der Waals surface area contributed by atoms with Crippen molar-refractivity contribution in [2.24, 2.45) is 5.41 Å². The molecule has 1 saturated carbocycles. The number of nitrogens with zero attached hydrogens (tertiary/aromatic N) is 2. The lowest BCUT2D eigenvalue weighted by atomic mass is 10.1. The average Bonchev–Trinajstić information content (AvgIpc) is 2.66. The first-order valence-electron chi connectivity index (χ1n) is 3.74. The smallest absolute Gasteiger partial charge is 0.235 e. The monoisotopic (exact) mass is 152 g/mol. The molecule has 1 fully saturated rings. The lowest BCUT2D eigenvalue weighted by Gasteiger charge is -2.10. The van der Waals surface area contributed by atoms with E-state index >= 15 is 0 Å². The Morgan fingerprint density at radius 1 is 1.73 bits per heavy atom. The lowest BCUT2D eigenvalue weighted by molar-refractivity contribution is -0.128. The van der Waals surface area contributed by atoms with Crippen molar-refractivity contribution < 1.29 is 4.79 Å². The molecule has 11 heavy (non-hydrogen) atoms. The van der Waals surface area contributed by atoms with Crippen LogP contribution in [0.25, 0.3) is 0 Å². The summed E-state index contributed by atoms with van der Waals surface area (Å²) in [6, 6.07) is 0. The zero-order valence-electron chi connectivity index (χ0n) is 6.92. The molecule has 0 N–H and O–H groups in total. The highest BCUT2D eigenvalue weighted by Crippen LogP contribution is 2.48. The quantitative estimate of drug-likeness (QED) is 0.439. The molecule has 0 saturated heterocycles. The fourth-order valence-electron chi connectivity index (χ4n) is 0.930. The van der Waals surface area contributed by atoms with Crippen molar-refractivity contribution in [3.05, 3.63) is 0 Å². The molecule has 0 bridgehead atoms. The van der Waals surface area contributed by atoms with E-state index in [0.717, 1.165) is 17.7 Å². The number of carbonyl (C=O) groups excluding carboxylic acids is 1. The Kier molecular flexibility index (Phi) is 1.86. The second kappa shape index (κ2) is 2.54. The minimum Gasteiger partial charge on any atom is -0.274 e. The second-order valence-corrected chi connectivity index (χ2v) is 3.54. The van der Waals surface area contributed by atoms with Gasteiger partial charge in [0.15, 0.2) is 6.19 Å². The number of carbonyl (C=O) groups is 1. The maximum atomic E-state index is 11.1. The average molecular weight is 152 g/mol. The minimum absolute atomic E-state index is 0.0625. The molecule has 3 heteroatoms. The van der Waals surface area contributed by atoms with Gasteiger partial charge in [0.2, 0.25) is 5.91 Å². The van der Waals surface area contributed by atoms with E-state index < -0.39 is 0 Å². The van der Waals surface area contributed by atoms with E-state index in [-0.39, 0.29) is 11.3 Å². The third-order valence-electron chi connectivity index (χ3n) is 2.21. The van der Waals surface area contributed by atoms with Crippen LogP contribution < -0.4 is 0 Å². The second-order valence-electron chi connectivity index (χ2n) is 3.54. The fraction of sp³-hybridized carbons (Fsp3) is 0.750. The van der Waals surface area contributed by atoms with E-state index in [9.17, 15) is 4.79 Å². The van der Waals surface area contributed by atoms with Crippen molar-refractivity contribution in [3.63, 3.8) is 0 Å². The Morgan fingerprint density at radius 3 is 2.64 bits per heavy atom. The first-order chi connectivity index (χ1) is 5.07. The van der Waals surface area contributed by atoms with Gasteiger partial charge in [0.1, 0.15) is 0 Å². The van der Waals surface area contributed by atoms with Crippen LogP contribution >= 0.6 is 0 Å². The van der Waals surface area contributed by atoms with Crippen molar-refractivity contribution in [1.29, 1.82) is 5.26 Å². The Bertz CT molecular complexity index is 213. The van der Waals surface area contributed by atoms with E-state index in [4.69, 9.17) is 5.26 Å². The van der Waals surface area contributed by atoms with Gasteiger partial charge in [-0.3, -0.25) is 9.69 Å². The molecule has 0 aromatic carbocycles. The molecule has 0 aromatic heterocycles. The Hall–Kier alpha value is -1.04. The van der Waals surface area contributed by atoms with Crippen LogP contribution in [0.1, 0.15) is 26.2 Å². The maximum Gasteiger partial charge on any atom is 0.235 e. The van der Waals surface area contributed by atoms with Gasteiger partial charge in [0, 0.05) is 13.5 Å². The van der Waals surface area contributed by atoms with Gasteiger partial charge in [-0.1, -0.05) is 6.92 Å². The molecule has 1 amide bonds. The third-order valence-corrected chi connectivity index (χ3v) is 2.21. The van der Waals surface area contributed by atoms with Crippen molar-refractivity contribution in [2.75, 3.05) is 7.05 Å². The molecule has 60 valence electrons. The summed E-state index contributed by atoms with van der Waals surface area (Å²) in [5.74, 6) is -0.0625. The van der Waals surface area contributed by atoms with E-state index in [0.29, 0.717) is 6.42 Å². The standard InChI is InChI=1S/C8H12N2O/c1-8(3-4-8)5-7(11)10(2)6-9/h3-5H2,1-2H3. The minimum atomic E-state index is -0.0625. The van der Waals surface area contributed by atoms with Crippen LogP contribution in [0.3, 0.4) is 0 Å². The topological polar surface area (TPSA) is 44.1 Å². The third kappa shape index (κ3) is 1.94. The number of hydrogen-bond acceptors (Lipinski definition) is 2. The molecule has 0 heterocycles. The fourth-order valence-corrected chi connectivity index (χ4v) is 0.930. The number of hydrogen-bond donors (Lipinski definition) is 0. The largest absolute Gasteiger partial charge is 0.274 e. The molecule has 0 aromatic rings. The summed E-state index contributed by atoms with van der Waals surface area (Å²) in [4.78, 5) is 12.2. The van der Waals surface area contributed by atoms with Gasteiger partial charge in [0.25, 0.3) is 0 Å². The van der Waals surface area contributed by atoms with Gasteiger partial charge in [-0.15, -0.1) is 0 Å². The van der Waals surface area contributed by atoms with E-state index in [1.54, 1.807) is 6.19 Å². The molecule has 0 unspecified atom stereocenters. The predicted molar refractivity (Wildman–Crippen MR) is 40.3 cm³/mol. The lowest BCUT2D eigenvalue weighted by Crippen LogP contribution is -2.23. The zero-order valence-corrected chi connectivity index (χ0v) is 6.92. The molecule has 1 aliphatic rings. The van der Waals surface area contributed by atoms with Crippen LogP contribution in [0.4, 0.5) is 0 Å². The van der Waals surface area contributed by atoms with Crippen molar-refractivity contribution in [1.82, 2.24) is 4.90 Å². The molecular formula is C8H12N2O. The number of rotatable bonds is 2. The summed E-state index contributed by atoms with van der Waals surface area (Å²) >= 11 is 0. The molecule has 1 aliphatic carbocycles. The number of amides is 1. The molecule has 0 radical (unpaired) electrons. The Morgan fingerprint density at radius 2 is 2.27 bits per heavy atom. The highest BCUT2D eigenvalue weighted by Gasteiger charge is 2.39. The van der Waals surface area contributed by atoms with Crippen LogP contribution in [0, 0.1) is 16.9 Å². The van der Waals surface area contributed by atoms with Crippen LogP contribution in [-0.4, -0.2) is 17.9 Å². The Labute approximate surface area is 66.6 Å². The van der Waals surface area contributed by atoms with Gasteiger partial charge in [-0.2, -0.15) is 5.26 Å². The molecular weight excluding hydrogens is 140 g/mol. The van der Waals surface area contributed by atoms with Crippen molar-refractivity contribution in [2.45, 2.75) is 26.2 Å². The summed E-state index contributed by atoms with van der Waals surface area (Å²) in [7, 11) is 1.51. The van der Waals surface area contributed by atoms with E-state index in [1.807, 2.05) is 0 Å². The normalized spacial score (nSPS) is 18.6. The summed E-state index contributed by atoms with van der Waals surface area (Å²) in [5.41, 5.74) is 0.211. The van der Waals surface area contributed by atoms with E-state index in [1.165, 1.54) is 7.05 Å². The van der Waals surface area contributed by atoms with Crippen molar-refractivity contribution in [3.8, 4) is 6.19 Å². The highest BCUT2D eigenvalue weighted by atomic mass is 16.2. The van der Waals surface area contributed by atoms with Gasteiger partial charge in [-0.05, 0) is 18.3 Å². The Balaban J connectivity index is 2.39. The van der Waals surface area contributed by atoms with Gasteiger partial charge in [-0.25, -0.2) is 0 Å².